The number of aromatic amines is 1. The Morgan fingerprint density at radius 1 is 1.44 bits per heavy atom. The number of pyridine rings is 1. The zero-order chi connectivity index (χ0) is 10.5. The van der Waals surface area contributed by atoms with Crippen LogP contribution in [0.25, 0.3) is 11.0 Å². The standard InChI is InChI=1S/C12H13N3O/c1-2-13-12-8(1)3-9(4-14-12)11-6-15-5-10(11)7-16-15/h1-4,10-11H,5-7H2,(H,13,14). The molecule has 0 aliphatic carbocycles. The zero-order valence-electron chi connectivity index (χ0n) is 8.89. The van der Waals surface area contributed by atoms with Crippen molar-refractivity contribution in [2.45, 2.75) is 5.92 Å². The van der Waals surface area contributed by atoms with Crippen molar-refractivity contribution in [3.63, 3.8) is 0 Å². The second-order valence-corrected chi connectivity index (χ2v) is 4.69. The van der Waals surface area contributed by atoms with Crippen molar-refractivity contribution >= 4 is 11.0 Å². The van der Waals surface area contributed by atoms with Crippen LogP contribution in [0.4, 0.5) is 0 Å². The molecule has 3 atom stereocenters. The van der Waals surface area contributed by atoms with Crippen LogP contribution in [0.3, 0.4) is 0 Å². The van der Waals surface area contributed by atoms with Gasteiger partial charge >= 0.3 is 0 Å². The normalized spacial score (nSPS) is 32.6. The number of aromatic nitrogens is 2. The molecule has 3 unspecified atom stereocenters. The maximum absolute atomic E-state index is 5.48. The summed E-state index contributed by atoms with van der Waals surface area (Å²) in [6.07, 6.45) is 3.94. The number of nitrogens with zero attached hydrogens (tertiary/aromatic N) is 2. The van der Waals surface area contributed by atoms with E-state index in [2.05, 4.69) is 27.2 Å². The Balaban J connectivity index is 1.76. The van der Waals surface area contributed by atoms with Gasteiger partial charge in [-0.3, -0.25) is 4.84 Å². The van der Waals surface area contributed by atoms with Gasteiger partial charge in [0.05, 0.1) is 6.61 Å². The van der Waals surface area contributed by atoms with Gasteiger partial charge < -0.3 is 4.98 Å². The van der Waals surface area contributed by atoms with E-state index in [0.29, 0.717) is 11.8 Å². The number of hydrogen-bond donors (Lipinski definition) is 1. The summed E-state index contributed by atoms with van der Waals surface area (Å²) in [6.45, 7) is 2.97. The summed E-state index contributed by atoms with van der Waals surface area (Å²) >= 11 is 0. The Hall–Kier alpha value is -1.39. The maximum atomic E-state index is 5.48. The second-order valence-electron chi connectivity index (χ2n) is 4.69. The predicted molar refractivity (Wildman–Crippen MR) is 59.8 cm³/mol. The summed E-state index contributed by atoms with van der Waals surface area (Å²) in [5.74, 6) is 1.25. The van der Waals surface area contributed by atoms with E-state index in [1.54, 1.807) is 0 Å². The van der Waals surface area contributed by atoms with Crippen molar-refractivity contribution in [1.29, 1.82) is 0 Å². The van der Waals surface area contributed by atoms with Crippen LogP contribution in [0.15, 0.2) is 24.5 Å². The number of rotatable bonds is 1. The summed E-state index contributed by atoms with van der Waals surface area (Å²) in [7, 11) is 0. The van der Waals surface area contributed by atoms with Crippen LogP contribution in [-0.2, 0) is 4.84 Å². The van der Waals surface area contributed by atoms with Crippen molar-refractivity contribution in [3.05, 3.63) is 30.1 Å². The molecule has 0 amide bonds. The van der Waals surface area contributed by atoms with Crippen molar-refractivity contribution in [1.82, 2.24) is 15.0 Å². The minimum atomic E-state index is 0.598. The maximum Gasteiger partial charge on any atom is 0.137 e. The fourth-order valence-corrected chi connectivity index (χ4v) is 2.84. The van der Waals surface area contributed by atoms with Gasteiger partial charge in [0.15, 0.2) is 0 Å². The summed E-state index contributed by atoms with van der Waals surface area (Å²) in [5, 5.41) is 3.28. The number of nitrogens with one attached hydrogen (secondary N) is 1. The van der Waals surface area contributed by atoms with Crippen LogP contribution >= 0.6 is 0 Å². The fraction of sp³-hybridized carbons (Fsp3) is 0.417. The Morgan fingerprint density at radius 3 is 3.25 bits per heavy atom. The van der Waals surface area contributed by atoms with Crippen LogP contribution in [0.1, 0.15) is 11.5 Å². The van der Waals surface area contributed by atoms with Gasteiger partial charge in [0.1, 0.15) is 5.65 Å². The molecule has 2 bridgehead atoms. The molecule has 1 N–H and O–H groups in total. The van der Waals surface area contributed by atoms with Gasteiger partial charge in [0, 0.05) is 42.7 Å². The van der Waals surface area contributed by atoms with E-state index in [4.69, 9.17) is 4.84 Å². The van der Waals surface area contributed by atoms with E-state index in [0.717, 1.165) is 25.3 Å². The van der Waals surface area contributed by atoms with Crippen molar-refractivity contribution in [3.8, 4) is 0 Å². The first-order valence-electron chi connectivity index (χ1n) is 5.71. The lowest BCUT2D eigenvalue weighted by atomic mass is 9.90. The predicted octanol–water partition coefficient (Wildman–Crippen LogP) is 1.52. The van der Waals surface area contributed by atoms with Crippen LogP contribution in [-0.4, -0.2) is 34.7 Å². The van der Waals surface area contributed by atoms with Crippen LogP contribution in [0.2, 0.25) is 0 Å². The van der Waals surface area contributed by atoms with Crippen molar-refractivity contribution < 1.29 is 4.84 Å². The Labute approximate surface area is 93.2 Å². The molecule has 0 aromatic carbocycles. The quantitative estimate of drug-likeness (QED) is 0.784. The summed E-state index contributed by atoms with van der Waals surface area (Å²) in [6, 6.07) is 4.33. The summed E-state index contributed by atoms with van der Waals surface area (Å²) in [5.41, 5.74) is 2.33. The topological polar surface area (TPSA) is 41.1 Å². The smallest absolute Gasteiger partial charge is 0.137 e. The number of fused-ring (bicyclic) bond motifs is 3. The highest BCUT2D eigenvalue weighted by atomic mass is 16.7. The highest BCUT2D eigenvalue weighted by molar-refractivity contribution is 5.75. The van der Waals surface area contributed by atoms with E-state index in [1.807, 2.05) is 12.4 Å². The molecule has 0 spiro atoms. The average molecular weight is 215 g/mol. The molecule has 0 saturated carbocycles. The highest BCUT2D eigenvalue weighted by Gasteiger charge is 2.40. The van der Waals surface area contributed by atoms with E-state index in [9.17, 15) is 0 Å². The molecule has 0 radical (unpaired) electrons. The molecule has 4 heterocycles. The number of hydroxylamine groups is 2. The van der Waals surface area contributed by atoms with Gasteiger partial charge in [-0.15, -0.1) is 0 Å². The number of hydrogen-bond acceptors (Lipinski definition) is 3. The van der Waals surface area contributed by atoms with Crippen molar-refractivity contribution in [2.24, 2.45) is 5.92 Å². The first-order chi connectivity index (χ1) is 7.90. The van der Waals surface area contributed by atoms with Gasteiger partial charge in [-0.2, -0.15) is 5.06 Å². The lowest BCUT2D eigenvalue weighted by Gasteiger charge is -2.21. The third kappa shape index (κ3) is 1.14. The summed E-state index contributed by atoms with van der Waals surface area (Å²) in [4.78, 5) is 13.1. The average Bonchev–Trinajstić information content (AvgIpc) is 3.03. The van der Waals surface area contributed by atoms with Gasteiger partial charge in [0.2, 0.25) is 0 Å². The molecule has 16 heavy (non-hydrogen) atoms. The molecule has 4 rings (SSSR count). The molecule has 2 aromatic heterocycles. The molecule has 2 saturated heterocycles. The first kappa shape index (κ1) is 8.73. The van der Waals surface area contributed by atoms with Crippen LogP contribution in [0, 0.1) is 5.92 Å². The van der Waals surface area contributed by atoms with Gasteiger partial charge in [-0.25, -0.2) is 4.98 Å². The Bertz CT molecular complexity index is 536. The van der Waals surface area contributed by atoms with Crippen molar-refractivity contribution in [2.75, 3.05) is 19.7 Å². The monoisotopic (exact) mass is 215 g/mol. The SMILES string of the molecule is c1cc2cc(C3CN4CC3CO4)cnc2[nH]1. The molecule has 4 heteroatoms. The highest BCUT2D eigenvalue weighted by Crippen LogP contribution is 2.37. The van der Waals surface area contributed by atoms with E-state index in [-0.39, 0.29) is 0 Å². The van der Waals surface area contributed by atoms with Crippen LogP contribution < -0.4 is 0 Å². The molecule has 2 fully saturated rings. The number of H-pyrrole nitrogens is 1. The molecule has 2 aliphatic rings. The first-order valence-corrected chi connectivity index (χ1v) is 5.71. The Morgan fingerprint density at radius 2 is 2.44 bits per heavy atom. The molecule has 2 aromatic rings. The van der Waals surface area contributed by atoms with Gasteiger partial charge in [0.25, 0.3) is 0 Å². The van der Waals surface area contributed by atoms with Crippen LogP contribution in [0.5, 0.6) is 0 Å². The molecular formula is C12H13N3O. The zero-order valence-corrected chi connectivity index (χ0v) is 8.89. The lowest BCUT2D eigenvalue weighted by molar-refractivity contribution is -0.121. The van der Waals surface area contributed by atoms with E-state index < -0.39 is 0 Å². The lowest BCUT2D eigenvalue weighted by Crippen LogP contribution is -2.23. The molecule has 82 valence electrons. The minimum absolute atomic E-state index is 0.598. The summed E-state index contributed by atoms with van der Waals surface area (Å²) < 4.78 is 0. The van der Waals surface area contributed by atoms with E-state index >= 15 is 0 Å². The fourth-order valence-electron chi connectivity index (χ4n) is 2.84. The van der Waals surface area contributed by atoms with Gasteiger partial charge in [-0.1, -0.05) is 0 Å². The van der Waals surface area contributed by atoms with E-state index in [1.165, 1.54) is 10.9 Å². The largest absolute Gasteiger partial charge is 0.346 e. The molecular weight excluding hydrogens is 202 g/mol. The second kappa shape index (κ2) is 3.06. The van der Waals surface area contributed by atoms with Gasteiger partial charge in [-0.05, 0) is 17.7 Å². The third-order valence-electron chi connectivity index (χ3n) is 3.73. The minimum Gasteiger partial charge on any atom is -0.346 e. The molecule has 2 aliphatic heterocycles. The molecule has 4 nitrogen and oxygen atoms in total. The Kier molecular flexibility index (Phi) is 1.67. The third-order valence-corrected chi connectivity index (χ3v) is 3.73.